The van der Waals surface area contributed by atoms with Crippen LogP contribution in [0.3, 0.4) is 0 Å². The Morgan fingerprint density at radius 2 is 1.65 bits per heavy atom. The molecule has 0 aliphatic carbocycles. The van der Waals surface area contributed by atoms with E-state index in [1.54, 1.807) is 0 Å². The van der Waals surface area contributed by atoms with Crippen LogP contribution in [-0.2, 0) is 11.3 Å². The number of ether oxygens (including phenoxy) is 1. The Kier molecular flexibility index (Phi) is 9.35. The molecule has 1 atom stereocenters. The summed E-state index contributed by atoms with van der Waals surface area (Å²) < 4.78 is 5.96. The van der Waals surface area contributed by atoms with E-state index in [0.717, 1.165) is 26.2 Å². The fourth-order valence-electron chi connectivity index (χ4n) is 3.45. The highest BCUT2D eigenvalue weighted by Gasteiger charge is 2.19. The summed E-state index contributed by atoms with van der Waals surface area (Å²) in [6, 6.07) is 10.8. The second kappa shape index (κ2) is 11.6. The Morgan fingerprint density at radius 3 is 2.39 bits per heavy atom. The molecule has 23 heavy (non-hydrogen) atoms. The molecule has 130 valence electrons. The van der Waals surface area contributed by atoms with Gasteiger partial charge in [0, 0.05) is 19.6 Å². The molecule has 1 fully saturated rings. The van der Waals surface area contributed by atoms with Crippen LogP contribution in [0.4, 0.5) is 0 Å². The van der Waals surface area contributed by atoms with Gasteiger partial charge in [0.2, 0.25) is 0 Å². The number of rotatable bonds is 11. The van der Waals surface area contributed by atoms with Gasteiger partial charge >= 0.3 is 0 Å². The van der Waals surface area contributed by atoms with Crippen LogP contribution in [0.1, 0.15) is 70.3 Å². The van der Waals surface area contributed by atoms with E-state index in [0.29, 0.717) is 6.10 Å². The molecule has 0 N–H and O–H groups in total. The molecule has 1 aromatic carbocycles. The Labute approximate surface area is 143 Å². The van der Waals surface area contributed by atoms with Gasteiger partial charge in [0.25, 0.3) is 0 Å². The molecule has 2 nitrogen and oxygen atoms in total. The summed E-state index contributed by atoms with van der Waals surface area (Å²) >= 11 is 0. The Morgan fingerprint density at radius 1 is 0.957 bits per heavy atom. The van der Waals surface area contributed by atoms with Crippen LogP contribution in [0.25, 0.3) is 0 Å². The van der Waals surface area contributed by atoms with E-state index >= 15 is 0 Å². The standard InChI is InChI=1S/C21H35NO/c1-2-3-4-5-6-7-8-12-15-21-19-22(16-17-23-21)18-20-13-10-9-11-14-20/h9-11,13-14,21H,2-8,12,15-19H2,1H3/t21-/m1/s1. The summed E-state index contributed by atoms with van der Waals surface area (Å²) in [4.78, 5) is 2.55. The van der Waals surface area contributed by atoms with E-state index in [-0.39, 0.29) is 0 Å². The second-order valence-electron chi connectivity index (χ2n) is 6.98. The normalized spacial score (nSPS) is 19.1. The first kappa shape index (κ1) is 18.5. The van der Waals surface area contributed by atoms with Crippen molar-refractivity contribution in [3.63, 3.8) is 0 Å². The third-order valence-electron chi connectivity index (χ3n) is 4.85. The molecule has 1 aliphatic heterocycles. The first-order chi connectivity index (χ1) is 11.4. The first-order valence-corrected chi connectivity index (χ1v) is 9.76. The minimum Gasteiger partial charge on any atom is -0.376 e. The SMILES string of the molecule is CCCCCCCCCC[C@@H]1CN(Cc2ccccc2)CCO1. The van der Waals surface area contributed by atoms with Crippen molar-refractivity contribution in [2.24, 2.45) is 0 Å². The minimum atomic E-state index is 0.451. The molecular formula is C21H35NO. The lowest BCUT2D eigenvalue weighted by Crippen LogP contribution is -2.41. The van der Waals surface area contributed by atoms with Gasteiger partial charge in [0.1, 0.15) is 0 Å². The molecule has 0 unspecified atom stereocenters. The van der Waals surface area contributed by atoms with E-state index in [2.05, 4.69) is 42.2 Å². The fourth-order valence-corrected chi connectivity index (χ4v) is 3.45. The Balaban J connectivity index is 1.54. The summed E-state index contributed by atoms with van der Waals surface area (Å²) in [6.07, 6.45) is 12.8. The summed E-state index contributed by atoms with van der Waals surface area (Å²) in [6.45, 7) is 6.42. The van der Waals surface area contributed by atoms with Gasteiger partial charge < -0.3 is 4.74 Å². The van der Waals surface area contributed by atoms with Crippen molar-refractivity contribution in [1.29, 1.82) is 0 Å². The zero-order chi connectivity index (χ0) is 16.2. The lowest BCUT2D eigenvalue weighted by molar-refractivity contribution is -0.0358. The summed E-state index contributed by atoms with van der Waals surface area (Å²) in [5.74, 6) is 0. The van der Waals surface area contributed by atoms with Crippen molar-refractivity contribution in [3.8, 4) is 0 Å². The van der Waals surface area contributed by atoms with E-state index < -0.39 is 0 Å². The van der Waals surface area contributed by atoms with Crippen molar-refractivity contribution in [2.75, 3.05) is 19.7 Å². The quantitative estimate of drug-likeness (QED) is 0.505. The number of unbranched alkanes of at least 4 members (excludes halogenated alkanes) is 7. The van der Waals surface area contributed by atoms with Crippen LogP contribution in [0.2, 0.25) is 0 Å². The van der Waals surface area contributed by atoms with Crippen LogP contribution < -0.4 is 0 Å². The van der Waals surface area contributed by atoms with Gasteiger partial charge in [0.15, 0.2) is 0 Å². The highest BCUT2D eigenvalue weighted by atomic mass is 16.5. The number of morpholine rings is 1. The molecule has 1 aromatic rings. The van der Waals surface area contributed by atoms with Gasteiger partial charge in [0.05, 0.1) is 12.7 Å². The lowest BCUT2D eigenvalue weighted by atomic mass is 10.0. The number of hydrogen-bond donors (Lipinski definition) is 0. The average Bonchev–Trinajstić information content (AvgIpc) is 2.58. The summed E-state index contributed by atoms with van der Waals surface area (Å²) in [5.41, 5.74) is 1.42. The molecule has 0 radical (unpaired) electrons. The predicted octanol–water partition coefficient (Wildman–Crippen LogP) is 5.42. The molecule has 0 bridgehead atoms. The maximum atomic E-state index is 5.96. The Hall–Kier alpha value is -0.860. The summed E-state index contributed by atoms with van der Waals surface area (Å²) in [7, 11) is 0. The van der Waals surface area contributed by atoms with E-state index in [9.17, 15) is 0 Å². The maximum absolute atomic E-state index is 5.96. The molecule has 2 rings (SSSR count). The monoisotopic (exact) mass is 317 g/mol. The van der Waals surface area contributed by atoms with Crippen LogP contribution in [0.5, 0.6) is 0 Å². The third-order valence-corrected chi connectivity index (χ3v) is 4.85. The molecule has 0 spiro atoms. The number of benzene rings is 1. The van der Waals surface area contributed by atoms with Gasteiger partial charge in [-0.1, -0.05) is 88.6 Å². The highest BCUT2D eigenvalue weighted by Crippen LogP contribution is 2.16. The van der Waals surface area contributed by atoms with Crippen molar-refractivity contribution in [2.45, 2.75) is 77.4 Å². The van der Waals surface area contributed by atoms with Gasteiger partial charge in [-0.05, 0) is 12.0 Å². The highest BCUT2D eigenvalue weighted by molar-refractivity contribution is 5.14. The summed E-state index contributed by atoms with van der Waals surface area (Å²) in [5, 5.41) is 0. The zero-order valence-electron chi connectivity index (χ0n) is 15.0. The largest absolute Gasteiger partial charge is 0.376 e. The molecule has 0 amide bonds. The topological polar surface area (TPSA) is 12.5 Å². The van der Waals surface area contributed by atoms with Gasteiger partial charge in [-0.3, -0.25) is 4.90 Å². The molecule has 0 aromatic heterocycles. The second-order valence-corrected chi connectivity index (χ2v) is 6.98. The van der Waals surface area contributed by atoms with Gasteiger partial charge in [-0.15, -0.1) is 0 Å². The van der Waals surface area contributed by atoms with Gasteiger partial charge in [-0.25, -0.2) is 0 Å². The van der Waals surface area contributed by atoms with Gasteiger partial charge in [-0.2, -0.15) is 0 Å². The van der Waals surface area contributed by atoms with Crippen LogP contribution in [-0.4, -0.2) is 30.7 Å². The smallest absolute Gasteiger partial charge is 0.0702 e. The molecule has 1 heterocycles. The average molecular weight is 318 g/mol. The Bertz CT molecular complexity index is 392. The lowest BCUT2D eigenvalue weighted by Gasteiger charge is -2.33. The molecular weight excluding hydrogens is 282 g/mol. The first-order valence-electron chi connectivity index (χ1n) is 9.76. The molecule has 0 saturated carbocycles. The van der Waals surface area contributed by atoms with E-state index in [1.807, 2.05) is 0 Å². The third kappa shape index (κ3) is 7.99. The molecule has 2 heteroatoms. The molecule has 1 aliphatic rings. The van der Waals surface area contributed by atoms with Crippen LogP contribution in [0.15, 0.2) is 30.3 Å². The fraction of sp³-hybridized carbons (Fsp3) is 0.714. The van der Waals surface area contributed by atoms with Crippen LogP contribution in [0, 0.1) is 0 Å². The van der Waals surface area contributed by atoms with Crippen molar-refractivity contribution in [1.82, 2.24) is 4.90 Å². The predicted molar refractivity (Wildman–Crippen MR) is 98.7 cm³/mol. The molecule has 1 saturated heterocycles. The van der Waals surface area contributed by atoms with E-state index in [1.165, 1.54) is 63.4 Å². The van der Waals surface area contributed by atoms with Crippen molar-refractivity contribution >= 4 is 0 Å². The number of hydrogen-bond acceptors (Lipinski definition) is 2. The zero-order valence-corrected chi connectivity index (χ0v) is 15.0. The maximum Gasteiger partial charge on any atom is 0.0702 e. The number of nitrogens with zero attached hydrogens (tertiary/aromatic N) is 1. The van der Waals surface area contributed by atoms with Crippen LogP contribution >= 0.6 is 0 Å². The van der Waals surface area contributed by atoms with Crippen molar-refractivity contribution in [3.05, 3.63) is 35.9 Å². The van der Waals surface area contributed by atoms with E-state index in [4.69, 9.17) is 4.74 Å². The minimum absolute atomic E-state index is 0.451. The van der Waals surface area contributed by atoms with Crippen molar-refractivity contribution < 1.29 is 4.74 Å².